The SMILES string of the molecule is CCOC(=O)c1ccc(N2C(=O)C3NNC(c4ccc(C)cc4)C3C2c2ccc(C(=O)OC)cc2)cc1. The first-order valence-corrected chi connectivity index (χ1v) is 12.3. The number of ether oxygens (including phenoxy) is 2. The fourth-order valence-electron chi connectivity index (χ4n) is 5.26. The number of aryl methyl sites for hydroxylation is 1. The van der Waals surface area contributed by atoms with Gasteiger partial charge in [-0.1, -0.05) is 42.0 Å². The second-order valence-electron chi connectivity index (χ2n) is 9.27. The fourth-order valence-corrected chi connectivity index (χ4v) is 5.26. The molecule has 3 aromatic carbocycles. The second-order valence-corrected chi connectivity index (χ2v) is 9.27. The molecule has 0 saturated carbocycles. The first kappa shape index (κ1) is 24.7. The monoisotopic (exact) mass is 499 g/mol. The third-order valence-electron chi connectivity index (χ3n) is 7.08. The van der Waals surface area contributed by atoms with E-state index in [1.54, 1.807) is 48.2 Å². The van der Waals surface area contributed by atoms with Crippen molar-refractivity contribution < 1.29 is 23.9 Å². The summed E-state index contributed by atoms with van der Waals surface area (Å²) in [6.07, 6.45) is 0. The molecule has 2 N–H and O–H groups in total. The van der Waals surface area contributed by atoms with Gasteiger partial charge >= 0.3 is 11.9 Å². The molecular formula is C29H29N3O5. The third kappa shape index (κ3) is 4.50. The number of anilines is 1. The molecule has 190 valence electrons. The number of carbonyl (C=O) groups excluding carboxylic acids is 3. The Balaban J connectivity index is 1.56. The van der Waals surface area contributed by atoms with Gasteiger partial charge in [-0.2, -0.15) is 0 Å². The van der Waals surface area contributed by atoms with E-state index in [9.17, 15) is 14.4 Å². The van der Waals surface area contributed by atoms with Crippen LogP contribution in [0, 0.1) is 12.8 Å². The van der Waals surface area contributed by atoms with Crippen molar-refractivity contribution in [3.63, 3.8) is 0 Å². The molecule has 3 aromatic rings. The topological polar surface area (TPSA) is 97.0 Å². The van der Waals surface area contributed by atoms with Crippen LogP contribution in [0.1, 0.15) is 56.4 Å². The fraction of sp³-hybridized carbons (Fsp3) is 0.276. The number of nitrogens with zero attached hydrogens (tertiary/aromatic N) is 1. The maximum Gasteiger partial charge on any atom is 0.338 e. The number of esters is 2. The number of hydrazine groups is 1. The van der Waals surface area contributed by atoms with Gasteiger partial charge in [-0.3, -0.25) is 4.79 Å². The molecule has 2 fully saturated rings. The molecule has 8 nitrogen and oxygen atoms in total. The van der Waals surface area contributed by atoms with E-state index in [0.29, 0.717) is 16.8 Å². The molecule has 4 unspecified atom stereocenters. The van der Waals surface area contributed by atoms with Crippen LogP contribution in [-0.2, 0) is 14.3 Å². The van der Waals surface area contributed by atoms with Crippen LogP contribution >= 0.6 is 0 Å². The molecule has 37 heavy (non-hydrogen) atoms. The molecular weight excluding hydrogens is 470 g/mol. The molecule has 8 heteroatoms. The molecule has 0 aliphatic carbocycles. The van der Waals surface area contributed by atoms with Crippen molar-refractivity contribution in [1.82, 2.24) is 10.9 Å². The first-order valence-electron chi connectivity index (χ1n) is 12.3. The molecule has 0 spiro atoms. The molecule has 4 atom stereocenters. The molecule has 2 saturated heterocycles. The molecule has 5 rings (SSSR count). The molecule has 0 radical (unpaired) electrons. The lowest BCUT2D eigenvalue weighted by Crippen LogP contribution is -2.41. The minimum atomic E-state index is -0.457. The Hall–Kier alpha value is -4.01. The van der Waals surface area contributed by atoms with E-state index < -0.39 is 18.0 Å². The molecule has 2 aliphatic rings. The largest absolute Gasteiger partial charge is 0.465 e. The lowest BCUT2D eigenvalue weighted by Gasteiger charge is -2.31. The predicted molar refractivity (Wildman–Crippen MR) is 138 cm³/mol. The van der Waals surface area contributed by atoms with Gasteiger partial charge in [-0.15, -0.1) is 0 Å². The molecule has 0 bridgehead atoms. The lowest BCUT2D eigenvalue weighted by molar-refractivity contribution is -0.119. The van der Waals surface area contributed by atoms with Crippen LogP contribution in [0.2, 0.25) is 0 Å². The highest BCUT2D eigenvalue weighted by Crippen LogP contribution is 2.49. The van der Waals surface area contributed by atoms with Crippen molar-refractivity contribution in [3.05, 3.63) is 101 Å². The summed E-state index contributed by atoms with van der Waals surface area (Å²) in [7, 11) is 1.35. The van der Waals surface area contributed by atoms with Crippen molar-refractivity contribution in [2.24, 2.45) is 5.92 Å². The zero-order valence-corrected chi connectivity index (χ0v) is 20.9. The van der Waals surface area contributed by atoms with Crippen LogP contribution in [0.25, 0.3) is 0 Å². The molecule has 2 aliphatic heterocycles. The van der Waals surface area contributed by atoms with Crippen LogP contribution in [-0.4, -0.2) is 37.6 Å². The van der Waals surface area contributed by atoms with Gasteiger partial charge in [-0.25, -0.2) is 20.4 Å². The highest BCUT2D eigenvalue weighted by atomic mass is 16.5. The van der Waals surface area contributed by atoms with E-state index in [1.807, 2.05) is 19.1 Å². The van der Waals surface area contributed by atoms with Gasteiger partial charge in [0.15, 0.2) is 0 Å². The van der Waals surface area contributed by atoms with Gasteiger partial charge in [0.25, 0.3) is 0 Å². The predicted octanol–water partition coefficient (Wildman–Crippen LogP) is 3.88. The van der Waals surface area contributed by atoms with Crippen molar-refractivity contribution in [2.75, 3.05) is 18.6 Å². The van der Waals surface area contributed by atoms with E-state index in [2.05, 4.69) is 35.1 Å². The summed E-state index contributed by atoms with van der Waals surface area (Å²) in [5.74, 6) is -1.03. The number of fused-ring (bicyclic) bond motifs is 1. The number of benzene rings is 3. The Bertz CT molecular complexity index is 1300. The number of rotatable bonds is 6. The maximum atomic E-state index is 13.8. The lowest BCUT2D eigenvalue weighted by atomic mass is 9.83. The zero-order chi connectivity index (χ0) is 26.1. The van der Waals surface area contributed by atoms with Crippen LogP contribution in [0.3, 0.4) is 0 Å². The number of amides is 1. The Morgan fingerprint density at radius 1 is 0.811 bits per heavy atom. The average Bonchev–Trinajstić information content (AvgIpc) is 3.48. The van der Waals surface area contributed by atoms with Gasteiger partial charge in [0.2, 0.25) is 5.91 Å². The summed E-state index contributed by atoms with van der Waals surface area (Å²) < 4.78 is 9.95. The summed E-state index contributed by atoms with van der Waals surface area (Å²) in [6.45, 7) is 4.09. The summed E-state index contributed by atoms with van der Waals surface area (Å²) in [4.78, 5) is 39.8. The highest BCUT2D eigenvalue weighted by molar-refractivity contribution is 6.02. The van der Waals surface area contributed by atoms with Crippen molar-refractivity contribution >= 4 is 23.5 Å². The number of methoxy groups -OCH3 is 1. The maximum absolute atomic E-state index is 13.8. The van der Waals surface area contributed by atoms with Crippen LogP contribution in [0.4, 0.5) is 5.69 Å². The molecule has 2 heterocycles. The highest BCUT2D eigenvalue weighted by Gasteiger charge is 2.56. The van der Waals surface area contributed by atoms with Crippen molar-refractivity contribution in [1.29, 1.82) is 0 Å². The average molecular weight is 500 g/mol. The van der Waals surface area contributed by atoms with E-state index >= 15 is 0 Å². The van der Waals surface area contributed by atoms with Crippen LogP contribution in [0.5, 0.6) is 0 Å². The Morgan fingerprint density at radius 2 is 1.38 bits per heavy atom. The van der Waals surface area contributed by atoms with Gasteiger partial charge in [0, 0.05) is 11.6 Å². The van der Waals surface area contributed by atoms with E-state index in [-0.39, 0.29) is 30.5 Å². The van der Waals surface area contributed by atoms with Gasteiger partial charge in [0.05, 0.1) is 36.9 Å². The van der Waals surface area contributed by atoms with Crippen LogP contribution in [0.15, 0.2) is 72.8 Å². The number of nitrogens with one attached hydrogen (secondary N) is 2. The summed E-state index contributed by atoms with van der Waals surface area (Å²) in [5, 5.41) is 0. The quantitative estimate of drug-likeness (QED) is 0.497. The minimum absolute atomic E-state index is 0.0713. The van der Waals surface area contributed by atoms with Crippen molar-refractivity contribution in [3.8, 4) is 0 Å². The first-order chi connectivity index (χ1) is 17.9. The third-order valence-corrected chi connectivity index (χ3v) is 7.08. The smallest absolute Gasteiger partial charge is 0.338 e. The Labute approximate surface area is 215 Å². The van der Waals surface area contributed by atoms with Gasteiger partial charge in [0.1, 0.15) is 6.04 Å². The normalized spacial score (nSPS) is 22.6. The van der Waals surface area contributed by atoms with Crippen LogP contribution < -0.4 is 15.8 Å². The second kappa shape index (κ2) is 10.2. The van der Waals surface area contributed by atoms with E-state index in [0.717, 1.165) is 16.7 Å². The molecule has 0 aromatic heterocycles. The van der Waals surface area contributed by atoms with Crippen molar-refractivity contribution in [2.45, 2.75) is 32.0 Å². The van der Waals surface area contributed by atoms with Gasteiger partial charge < -0.3 is 14.4 Å². The zero-order valence-electron chi connectivity index (χ0n) is 20.9. The number of hydrogen-bond donors (Lipinski definition) is 2. The molecule has 1 amide bonds. The standard InChI is InChI=1S/C29H29N3O5/c1-4-37-29(35)21-13-15-22(16-14-21)32-26(19-9-11-20(12-10-19)28(34)36-3)23-24(30-31-25(23)27(32)33)18-7-5-17(2)6-8-18/h5-16,23-26,30-31H,4H2,1-3H3. The van der Waals surface area contributed by atoms with E-state index in [1.165, 1.54) is 7.11 Å². The Kier molecular flexibility index (Phi) is 6.78. The minimum Gasteiger partial charge on any atom is -0.465 e. The Morgan fingerprint density at radius 3 is 2.00 bits per heavy atom. The summed E-state index contributed by atoms with van der Waals surface area (Å²) in [5.41, 5.74) is 11.2. The number of carbonyl (C=O) groups is 3. The van der Waals surface area contributed by atoms with E-state index in [4.69, 9.17) is 9.47 Å². The summed E-state index contributed by atoms with van der Waals surface area (Å²) >= 11 is 0. The number of hydrogen-bond acceptors (Lipinski definition) is 7. The van der Waals surface area contributed by atoms with Gasteiger partial charge in [-0.05, 0) is 61.4 Å². The summed E-state index contributed by atoms with van der Waals surface area (Å²) in [6, 6.07) is 21.5.